The van der Waals surface area contributed by atoms with E-state index >= 15 is 0 Å². The molecule has 0 heterocycles. The lowest BCUT2D eigenvalue weighted by molar-refractivity contribution is -0.139. The van der Waals surface area contributed by atoms with Crippen LogP contribution in [0.3, 0.4) is 0 Å². The standard InChI is InChI=1S/C5H9BrO2/c1-3-5(2,6)4(7)8/h3H2,1-2H3,(H,7,8)/t5-/m1/s1. The van der Waals surface area contributed by atoms with E-state index in [9.17, 15) is 4.79 Å². The molecule has 0 amide bonds. The lowest BCUT2D eigenvalue weighted by Crippen LogP contribution is -2.26. The van der Waals surface area contributed by atoms with E-state index in [0.717, 1.165) is 0 Å². The van der Waals surface area contributed by atoms with Gasteiger partial charge in [0, 0.05) is 0 Å². The van der Waals surface area contributed by atoms with E-state index in [1.54, 1.807) is 6.92 Å². The van der Waals surface area contributed by atoms with Crippen molar-refractivity contribution >= 4 is 21.9 Å². The fourth-order valence-electron chi connectivity index (χ4n) is 0.151. The Morgan fingerprint density at radius 2 is 2.25 bits per heavy atom. The van der Waals surface area contributed by atoms with Crippen LogP contribution in [0.4, 0.5) is 0 Å². The fourth-order valence-corrected chi connectivity index (χ4v) is 0.151. The number of carboxylic acids is 1. The summed E-state index contributed by atoms with van der Waals surface area (Å²) < 4.78 is -0.729. The van der Waals surface area contributed by atoms with Crippen LogP contribution in [0.15, 0.2) is 0 Å². The summed E-state index contributed by atoms with van der Waals surface area (Å²) in [5.41, 5.74) is 0. The normalized spacial score (nSPS) is 17.4. The first-order valence-electron chi connectivity index (χ1n) is 2.43. The van der Waals surface area contributed by atoms with Crippen molar-refractivity contribution in [1.82, 2.24) is 0 Å². The number of rotatable bonds is 2. The minimum atomic E-state index is -0.806. The van der Waals surface area contributed by atoms with Crippen LogP contribution in [-0.2, 0) is 4.79 Å². The van der Waals surface area contributed by atoms with Crippen LogP contribution in [0.1, 0.15) is 20.3 Å². The molecule has 48 valence electrons. The highest BCUT2D eigenvalue weighted by Gasteiger charge is 2.26. The van der Waals surface area contributed by atoms with Crippen LogP contribution in [0.5, 0.6) is 0 Å². The molecule has 1 N–H and O–H groups in total. The van der Waals surface area contributed by atoms with Gasteiger partial charge >= 0.3 is 5.97 Å². The van der Waals surface area contributed by atoms with Gasteiger partial charge in [-0.3, -0.25) is 4.79 Å². The lowest BCUT2D eigenvalue weighted by Gasteiger charge is -2.12. The SMILES string of the molecule is CC[C@@](C)(Br)C(=O)O. The molecular formula is C5H9BrO2. The number of aliphatic carboxylic acids is 1. The first-order chi connectivity index (χ1) is 3.50. The smallest absolute Gasteiger partial charge is 0.320 e. The van der Waals surface area contributed by atoms with Crippen LogP contribution in [0, 0.1) is 0 Å². The first-order valence-corrected chi connectivity index (χ1v) is 3.22. The van der Waals surface area contributed by atoms with Gasteiger partial charge in [-0.2, -0.15) is 0 Å². The van der Waals surface area contributed by atoms with Crippen LogP contribution in [0.25, 0.3) is 0 Å². The zero-order valence-electron chi connectivity index (χ0n) is 4.94. The molecule has 0 unspecified atom stereocenters. The van der Waals surface area contributed by atoms with E-state index in [1.807, 2.05) is 6.92 Å². The Kier molecular flexibility index (Phi) is 2.47. The predicted molar refractivity (Wildman–Crippen MR) is 35.3 cm³/mol. The van der Waals surface area contributed by atoms with Gasteiger partial charge in [0.2, 0.25) is 0 Å². The summed E-state index contributed by atoms with van der Waals surface area (Å²) in [4.78, 5) is 10.2. The van der Waals surface area contributed by atoms with Crippen LogP contribution >= 0.6 is 15.9 Å². The van der Waals surface area contributed by atoms with Crippen molar-refractivity contribution in [3.05, 3.63) is 0 Å². The third-order valence-electron chi connectivity index (χ3n) is 1.11. The number of alkyl halides is 1. The average Bonchev–Trinajstić information content (AvgIpc) is 1.67. The zero-order chi connectivity index (χ0) is 6.78. The second-order valence-electron chi connectivity index (χ2n) is 1.86. The molecule has 1 atom stereocenters. The average molecular weight is 181 g/mol. The molecule has 0 spiro atoms. The molecule has 0 saturated carbocycles. The number of hydrogen-bond acceptors (Lipinski definition) is 1. The Morgan fingerprint density at radius 1 is 1.88 bits per heavy atom. The topological polar surface area (TPSA) is 37.3 Å². The van der Waals surface area contributed by atoms with E-state index in [4.69, 9.17) is 5.11 Å². The maximum Gasteiger partial charge on any atom is 0.320 e. The molecule has 0 bridgehead atoms. The van der Waals surface area contributed by atoms with Crippen molar-refractivity contribution in [3.63, 3.8) is 0 Å². The van der Waals surface area contributed by atoms with Crippen molar-refractivity contribution in [2.75, 3.05) is 0 Å². The molecule has 0 saturated heterocycles. The highest BCUT2D eigenvalue weighted by atomic mass is 79.9. The molecule has 8 heavy (non-hydrogen) atoms. The van der Waals surface area contributed by atoms with Gasteiger partial charge in [-0.15, -0.1) is 0 Å². The summed E-state index contributed by atoms with van der Waals surface area (Å²) in [6.45, 7) is 3.46. The highest BCUT2D eigenvalue weighted by molar-refractivity contribution is 9.10. The largest absolute Gasteiger partial charge is 0.480 e. The molecule has 0 radical (unpaired) electrons. The molecule has 0 aliphatic rings. The van der Waals surface area contributed by atoms with Crippen LogP contribution in [0.2, 0.25) is 0 Å². The Bertz CT molecular complexity index is 98.6. The molecule has 2 nitrogen and oxygen atoms in total. The van der Waals surface area contributed by atoms with E-state index < -0.39 is 10.3 Å². The summed E-state index contributed by atoms with van der Waals surface area (Å²) in [7, 11) is 0. The predicted octanol–water partition coefficient (Wildman–Crippen LogP) is 1.63. The maximum absolute atomic E-state index is 10.2. The minimum Gasteiger partial charge on any atom is -0.480 e. The highest BCUT2D eigenvalue weighted by Crippen LogP contribution is 2.20. The third kappa shape index (κ3) is 1.82. The monoisotopic (exact) mass is 180 g/mol. The summed E-state index contributed by atoms with van der Waals surface area (Å²) >= 11 is 3.05. The van der Waals surface area contributed by atoms with Gasteiger partial charge in [-0.25, -0.2) is 0 Å². The van der Waals surface area contributed by atoms with Crippen molar-refractivity contribution in [2.24, 2.45) is 0 Å². The van der Waals surface area contributed by atoms with E-state index in [0.29, 0.717) is 6.42 Å². The van der Waals surface area contributed by atoms with Crippen molar-refractivity contribution < 1.29 is 9.90 Å². The fraction of sp³-hybridized carbons (Fsp3) is 0.800. The molecular weight excluding hydrogens is 172 g/mol. The van der Waals surface area contributed by atoms with E-state index in [2.05, 4.69) is 15.9 Å². The number of halogens is 1. The van der Waals surface area contributed by atoms with Gasteiger partial charge < -0.3 is 5.11 Å². The van der Waals surface area contributed by atoms with Gasteiger partial charge in [-0.1, -0.05) is 22.9 Å². The number of hydrogen-bond donors (Lipinski definition) is 1. The van der Waals surface area contributed by atoms with Gasteiger partial charge in [0.25, 0.3) is 0 Å². The van der Waals surface area contributed by atoms with Gasteiger partial charge in [0.05, 0.1) is 0 Å². The van der Waals surface area contributed by atoms with Crippen LogP contribution in [-0.4, -0.2) is 15.4 Å². The molecule has 0 rings (SSSR count). The molecule has 0 fully saturated rings. The Labute approximate surface area is 57.0 Å². The van der Waals surface area contributed by atoms with Crippen molar-refractivity contribution in [3.8, 4) is 0 Å². The third-order valence-corrected chi connectivity index (χ3v) is 2.01. The number of carbonyl (C=O) groups is 1. The molecule has 0 aliphatic carbocycles. The maximum atomic E-state index is 10.2. The minimum absolute atomic E-state index is 0.600. The molecule has 0 aromatic rings. The lowest BCUT2D eigenvalue weighted by atomic mass is 10.1. The number of carboxylic acid groups (broad SMARTS) is 1. The van der Waals surface area contributed by atoms with Gasteiger partial charge in [0.15, 0.2) is 0 Å². The van der Waals surface area contributed by atoms with Crippen molar-refractivity contribution in [1.29, 1.82) is 0 Å². The van der Waals surface area contributed by atoms with Gasteiger partial charge in [-0.05, 0) is 13.3 Å². The van der Waals surface area contributed by atoms with Crippen LogP contribution < -0.4 is 0 Å². The Morgan fingerprint density at radius 3 is 2.25 bits per heavy atom. The van der Waals surface area contributed by atoms with Gasteiger partial charge in [0.1, 0.15) is 4.32 Å². The van der Waals surface area contributed by atoms with E-state index in [-0.39, 0.29) is 0 Å². The molecule has 3 heteroatoms. The summed E-state index contributed by atoms with van der Waals surface area (Å²) in [6, 6.07) is 0. The zero-order valence-corrected chi connectivity index (χ0v) is 6.53. The molecule has 0 aromatic heterocycles. The van der Waals surface area contributed by atoms with Crippen molar-refractivity contribution in [2.45, 2.75) is 24.6 Å². The quantitative estimate of drug-likeness (QED) is 0.657. The summed E-state index contributed by atoms with van der Waals surface area (Å²) in [5, 5.41) is 8.39. The summed E-state index contributed by atoms with van der Waals surface area (Å²) in [6.07, 6.45) is 0.600. The second-order valence-corrected chi connectivity index (χ2v) is 3.61. The Balaban J connectivity index is 3.91. The van der Waals surface area contributed by atoms with E-state index in [1.165, 1.54) is 0 Å². The second kappa shape index (κ2) is 2.49. The summed E-state index contributed by atoms with van der Waals surface area (Å²) in [5.74, 6) is -0.806. The molecule has 0 aliphatic heterocycles. The molecule has 0 aromatic carbocycles. The Hall–Kier alpha value is -0.0500. The first kappa shape index (κ1) is 7.95.